The highest BCUT2D eigenvalue weighted by atomic mass is 35.5. The van der Waals surface area contributed by atoms with E-state index in [1.807, 2.05) is 0 Å². The molecule has 1 unspecified atom stereocenters. The summed E-state index contributed by atoms with van der Waals surface area (Å²) in [4.78, 5) is 4.30. The SMILES string of the molecule is CCCC1COC(c2ccc(Cl)c(S(N)(=O)=O)c2)=N1. The van der Waals surface area contributed by atoms with E-state index >= 15 is 0 Å². The molecule has 1 aliphatic heterocycles. The van der Waals surface area contributed by atoms with E-state index in [1.54, 1.807) is 6.07 Å². The molecule has 0 saturated heterocycles. The Balaban J connectivity index is 2.35. The first-order valence-corrected chi connectivity index (χ1v) is 7.87. The Hall–Kier alpha value is -1.11. The van der Waals surface area contributed by atoms with Gasteiger partial charge in [0.2, 0.25) is 15.9 Å². The molecule has 0 radical (unpaired) electrons. The molecule has 1 aromatic carbocycles. The summed E-state index contributed by atoms with van der Waals surface area (Å²) in [5.74, 6) is 0.444. The molecule has 1 heterocycles. The van der Waals surface area contributed by atoms with E-state index in [-0.39, 0.29) is 16.0 Å². The maximum absolute atomic E-state index is 11.4. The van der Waals surface area contributed by atoms with Gasteiger partial charge in [-0.1, -0.05) is 24.9 Å². The largest absolute Gasteiger partial charge is 0.475 e. The van der Waals surface area contributed by atoms with Crippen molar-refractivity contribution in [2.45, 2.75) is 30.7 Å². The molecular weight excluding hydrogens is 288 g/mol. The number of halogens is 1. The Morgan fingerprint density at radius 3 is 2.89 bits per heavy atom. The van der Waals surface area contributed by atoms with E-state index in [1.165, 1.54) is 12.1 Å². The van der Waals surface area contributed by atoms with Crippen molar-refractivity contribution < 1.29 is 13.2 Å². The van der Waals surface area contributed by atoms with Crippen LogP contribution in [0, 0.1) is 0 Å². The van der Waals surface area contributed by atoms with E-state index in [0.717, 1.165) is 12.8 Å². The van der Waals surface area contributed by atoms with Crippen LogP contribution >= 0.6 is 11.6 Å². The topological polar surface area (TPSA) is 81.8 Å². The van der Waals surface area contributed by atoms with Gasteiger partial charge in [0.15, 0.2) is 0 Å². The maximum Gasteiger partial charge on any atom is 0.239 e. The summed E-state index contributed by atoms with van der Waals surface area (Å²) in [5.41, 5.74) is 0.576. The summed E-state index contributed by atoms with van der Waals surface area (Å²) in [6, 6.07) is 4.68. The quantitative estimate of drug-likeness (QED) is 0.922. The van der Waals surface area contributed by atoms with Crippen LogP contribution in [-0.2, 0) is 14.8 Å². The molecule has 2 N–H and O–H groups in total. The van der Waals surface area contributed by atoms with E-state index in [4.69, 9.17) is 21.5 Å². The molecule has 1 aliphatic rings. The number of aliphatic imine (C=N–C) groups is 1. The van der Waals surface area contributed by atoms with E-state index in [2.05, 4.69) is 11.9 Å². The minimum atomic E-state index is -3.85. The summed E-state index contributed by atoms with van der Waals surface area (Å²) >= 11 is 5.83. The van der Waals surface area contributed by atoms with Gasteiger partial charge in [-0.25, -0.2) is 18.5 Å². The molecule has 2 rings (SSSR count). The Kier molecular flexibility index (Phi) is 4.13. The minimum Gasteiger partial charge on any atom is -0.475 e. The lowest BCUT2D eigenvalue weighted by molar-refractivity contribution is 0.311. The van der Waals surface area contributed by atoms with Gasteiger partial charge in [0.1, 0.15) is 11.5 Å². The van der Waals surface area contributed by atoms with Crippen LogP contribution in [-0.4, -0.2) is 27.0 Å². The molecule has 104 valence electrons. The first kappa shape index (κ1) is 14.3. The molecule has 0 bridgehead atoms. The van der Waals surface area contributed by atoms with Crippen molar-refractivity contribution in [3.8, 4) is 0 Å². The highest BCUT2D eigenvalue weighted by Crippen LogP contribution is 2.24. The highest BCUT2D eigenvalue weighted by molar-refractivity contribution is 7.89. The zero-order chi connectivity index (χ0) is 14.0. The second kappa shape index (κ2) is 5.48. The molecule has 19 heavy (non-hydrogen) atoms. The monoisotopic (exact) mass is 302 g/mol. The zero-order valence-corrected chi connectivity index (χ0v) is 12.0. The number of sulfonamides is 1. The summed E-state index contributed by atoms with van der Waals surface area (Å²) in [6.45, 7) is 2.60. The van der Waals surface area contributed by atoms with Crippen molar-refractivity contribution >= 4 is 27.5 Å². The average Bonchev–Trinajstić information content (AvgIpc) is 2.77. The lowest BCUT2D eigenvalue weighted by atomic mass is 10.2. The standard InChI is InChI=1S/C12H15ClN2O3S/c1-2-3-9-7-18-12(15-9)8-4-5-10(13)11(6-8)19(14,16)17/h4-6,9H,2-3,7H2,1H3,(H2,14,16,17). The van der Waals surface area contributed by atoms with E-state index < -0.39 is 10.0 Å². The molecule has 0 amide bonds. The van der Waals surface area contributed by atoms with E-state index in [0.29, 0.717) is 18.1 Å². The number of hydrogen-bond acceptors (Lipinski definition) is 4. The molecule has 0 saturated carbocycles. The smallest absolute Gasteiger partial charge is 0.239 e. The Morgan fingerprint density at radius 2 is 2.26 bits per heavy atom. The second-order valence-corrected chi connectivity index (χ2v) is 6.32. The van der Waals surface area contributed by atoms with Gasteiger partial charge in [-0.3, -0.25) is 0 Å². The Bertz CT molecular complexity index is 613. The Labute approximate surface area is 117 Å². The first-order valence-electron chi connectivity index (χ1n) is 5.95. The molecule has 1 aromatic rings. The van der Waals surface area contributed by atoms with Gasteiger partial charge < -0.3 is 4.74 Å². The summed E-state index contributed by atoms with van der Waals surface area (Å²) in [6.07, 6.45) is 1.97. The minimum absolute atomic E-state index is 0.0926. The summed E-state index contributed by atoms with van der Waals surface area (Å²) in [7, 11) is -3.85. The molecule has 0 aromatic heterocycles. The predicted molar refractivity (Wildman–Crippen MR) is 74.0 cm³/mol. The van der Waals surface area contributed by atoms with Crippen LogP contribution in [0.1, 0.15) is 25.3 Å². The van der Waals surface area contributed by atoms with Crippen molar-refractivity contribution in [2.75, 3.05) is 6.61 Å². The molecule has 0 spiro atoms. The third-order valence-electron chi connectivity index (χ3n) is 2.82. The van der Waals surface area contributed by atoms with Crippen LogP contribution < -0.4 is 5.14 Å². The van der Waals surface area contributed by atoms with Gasteiger partial charge >= 0.3 is 0 Å². The van der Waals surface area contributed by atoms with Crippen LogP contribution in [0.25, 0.3) is 0 Å². The lowest BCUT2D eigenvalue weighted by Crippen LogP contribution is -2.14. The third kappa shape index (κ3) is 3.26. The molecule has 0 fully saturated rings. The maximum atomic E-state index is 11.4. The predicted octanol–water partition coefficient (Wildman–Crippen LogP) is 1.93. The number of nitrogens with two attached hydrogens (primary N) is 1. The normalized spacial score (nSPS) is 19.1. The van der Waals surface area contributed by atoms with Gasteiger partial charge in [-0.05, 0) is 24.6 Å². The molecular formula is C12H15ClN2O3S. The van der Waals surface area contributed by atoms with Crippen LogP contribution in [0.5, 0.6) is 0 Å². The molecule has 5 nitrogen and oxygen atoms in total. The number of primary sulfonamides is 1. The fourth-order valence-electron chi connectivity index (χ4n) is 1.91. The first-order chi connectivity index (χ1) is 8.91. The lowest BCUT2D eigenvalue weighted by Gasteiger charge is -2.05. The van der Waals surface area contributed by atoms with E-state index in [9.17, 15) is 8.42 Å². The zero-order valence-electron chi connectivity index (χ0n) is 10.5. The van der Waals surface area contributed by atoms with Crippen LogP contribution in [0.15, 0.2) is 28.1 Å². The molecule has 1 atom stereocenters. The van der Waals surface area contributed by atoms with Crippen molar-refractivity contribution in [2.24, 2.45) is 10.1 Å². The van der Waals surface area contributed by atoms with Crippen molar-refractivity contribution in [3.63, 3.8) is 0 Å². The van der Waals surface area contributed by atoms with Gasteiger partial charge in [0, 0.05) is 5.56 Å². The number of nitrogens with zero attached hydrogens (tertiary/aromatic N) is 1. The van der Waals surface area contributed by atoms with Crippen LogP contribution in [0.2, 0.25) is 5.02 Å². The van der Waals surface area contributed by atoms with Crippen molar-refractivity contribution in [1.29, 1.82) is 0 Å². The number of rotatable bonds is 4. The third-order valence-corrected chi connectivity index (χ3v) is 4.21. The van der Waals surface area contributed by atoms with Crippen LogP contribution in [0.3, 0.4) is 0 Å². The average molecular weight is 303 g/mol. The van der Waals surface area contributed by atoms with Crippen molar-refractivity contribution in [3.05, 3.63) is 28.8 Å². The van der Waals surface area contributed by atoms with Crippen molar-refractivity contribution in [1.82, 2.24) is 0 Å². The van der Waals surface area contributed by atoms with Crippen LogP contribution in [0.4, 0.5) is 0 Å². The number of hydrogen-bond donors (Lipinski definition) is 1. The number of ether oxygens (including phenoxy) is 1. The molecule has 0 aliphatic carbocycles. The fraction of sp³-hybridized carbons (Fsp3) is 0.417. The summed E-state index contributed by atoms with van der Waals surface area (Å²) < 4.78 is 28.3. The highest BCUT2D eigenvalue weighted by Gasteiger charge is 2.21. The Morgan fingerprint density at radius 1 is 1.53 bits per heavy atom. The fourth-order valence-corrected chi connectivity index (χ4v) is 2.98. The second-order valence-electron chi connectivity index (χ2n) is 4.38. The number of benzene rings is 1. The van der Waals surface area contributed by atoms with Gasteiger partial charge in [-0.15, -0.1) is 0 Å². The van der Waals surface area contributed by atoms with Gasteiger partial charge in [-0.2, -0.15) is 0 Å². The van der Waals surface area contributed by atoms with Gasteiger partial charge in [0.05, 0.1) is 11.1 Å². The van der Waals surface area contributed by atoms with Gasteiger partial charge in [0.25, 0.3) is 0 Å². The summed E-state index contributed by atoms with van der Waals surface area (Å²) in [5, 5.41) is 5.20. The molecule has 7 heteroatoms.